The van der Waals surface area contributed by atoms with E-state index in [1.165, 1.54) is 11.3 Å². The maximum atomic E-state index is 13.5. The van der Waals surface area contributed by atoms with Gasteiger partial charge in [-0.2, -0.15) is 0 Å². The van der Waals surface area contributed by atoms with Gasteiger partial charge in [-0.05, 0) is 69.8 Å². The van der Waals surface area contributed by atoms with Gasteiger partial charge < -0.3 is 14.8 Å². The minimum Gasteiger partial charge on any atom is -0.447 e. The van der Waals surface area contributed by atoms with Gasteiger partial charge in [0.25, 0.3) is 5.91 Å². The van der Waals surface area contributed by atoms with Gasteiger partial charge in [0.2, 0.25) is 0 Å². The Kier molecular flexibility index (Phi) is 5.47. The van der Waals surface area contributed by atoms with Gasteiger partial charge in [-0.1, -0.05) is 30.3 Å². The Morgan fingerprint density at radius 1 is 1.17 bits per heavy atom. The predicted octanol–water partition coefficient (Wildman–Crippen LogP) is 3.52. The van der Waals surface area contributed by atoms with Crippen LogP contribution in [0.5, 0.6) is 0 Å². The third-order valence-electron chi connectivity index (χ3n) is 6.20. The first-order chi connectivity index (χ1) is 14.2. The second kappa shape index (κ2) is 7.93. The van der Waals surface area contributed by atoms with Gasteiger partial charge >= 0.3 is 12.2 Å². The van der Waals surface area contributed by atoms with E-state index in [-0.39, 0.29) is 18.6 Å². The normalized spacial score (nSPS) is 28.5. The van der Waals surface area contributed by atoms with Crippen LogP contribution < -0.4 is 5.32 Å². The Morgan fingerprint density at radius 3 is 2.47 bits per heavy atom. The molecule has 0 spiro atoms. The molecule has 162 valence electrons. The molecule has 1 aliphatic heterocycles. The Bertz CT molecular complexity index is 809. The van der Waals surface area contributed by atoms with Crippen molar-refractivity contribution < 1.29 is 23.9 Å². The average Bonchev–Trinajstić information content (AvgIpc) is 3.11. The van der Waals surface area contributed by atoms with Crippen molar-refractivity contribution in [3.63, 3.8) is 0 Å². The maximum Gasteiger partial charge on any atom is 0.417 e. The molecule has 4 unspecified atom stereocenters. The number of alkyl carbamates (subject to hydrolysis) is 1. The summed E-state index contributed by atoms with van der Waals surface area (Å²) in [6, 6.07) is 8.55. The molecule has 1 aromatic rings. The fourth-order valence-corrected chi connectivity index (χ4v) is 4.77. The number of hydrogen-bond acceptors (Lipinski definition) is 5. The van der Waals surface area contributed by atoms with E-state index in [0.717, 1.165) is 18.4 Å². The Balaban J connectivity index is 1.51. The van der Waals surface area contributed by atoms with Crippen molar-refractivity contribution >= 4 is 18.1 Å². The van der Waals surface area contributed by atoms with Gasteiger partial charge in [0.05, 0.1) is 6.04 Å². The SMILES string of the molecule is CC(C)(C)OC(=O)NC(C(=O)N1C(=O)OCC1Cc1ccccc1)C1CC2CC2C1. The summed E-state index contributed by atoms with van der Waals surface area (Å²) < 4.78 is 10.6. The number of amides is 3. The number of imide groups is 1. The molecular formula is C23H30N2O5. The van der Waals surface area contributed by atoms with E-state index in [9.17, 15) is 14.4 Å². The lowest BCUT2D eigenvalue weighted by Crippen LogP contribution is -2.55. The zero-order valence-corrected chi connectivity index (χ0v) is 17.8. The molecule has 1 saturated heterocycles. The van der Waals surface area contributed by atoms with Crippen LogP contribution in [-0.2, 0) is 20.7 Å². The number of carbonyl (C=O) groups excluding carboxylic acids is 3. The number of nitrogens with one attached hydrogen (secondary N) is 1. The zero-order chi connectivity index (χ0) is 21.5. The van der Waals surface area contributed by atoms with Crippen molar-refractivity contribution in [2.75, 3.05) is 6.61 Å². The molecule has 3 amide bonds. The van der Waals surface area contributed by atoms with E-state index in [1.54, 1.807) is 20.8 Å². The molecule has 0 aromatic heterocycles. The van der Waals surface area contributed by atoms with E-state index < -0.39 is 29.7 Å². The number of fused-ring (bicyclic) bond motifs is 1. The lowest BCUT2D eigenvalue weighted by Gasteiger charge is -2.30. The highest BCUT2D eigenvalue weighted by atomic mass is 16.6. The minimum atomic E-state index is -0.781. The van der Waals surface area contributed by atoms with Gasteiger partial charge in [-0.15, -0.1) is 0 Å². The summed E-state index contributed by atoms with van der Waals surface area (Å²) in [4.78, 5) is 39.7. The van der Waals surface area contributed by atoms with Crippen molar-refractivity contribution in [2.24, 2.45) is 17.8 Å². The third kappa shape index (κ3) is 4.60. The maximum absolute atomic E-state index is 13.5. The first-order valence-electron chi connectivity index (χ1n) is 10.7. The second-order valence-electron chi connectivity index (χ2n) is 9.74. The average molecular weight is 415 g/mol. The lowest BCUT2D eigenvalue weighted by molar-refractivity contribution is -0.132. The van der Waals surface area contributed by atoms with Crippen molar-refractivity contribution in [1.29, 1.82) is 0 Å². The monoisotopic (exact) mass is 414 g/mol. The topological polar surface area (TPSA) is 84.9 Å². The number of carbonyl (C=O) groups is 3. The van der Waals surface area contributed by atoms with Gasteiger partial charge in [-0.3, -0.25) is 4.79 Å². The molecule has 3 aliphatic rings. The van der Waals surface area contributed by atoms with Crippen LogP contribution in [-0.4, -0.2) is 47.3 Å². The highest BCUT2D eigenvalue weighted by Gasteiger charge is 2.52. The Morgan fingerprint density at radius 2 is 1.83 bits per heavy atom. The number of ether oxygens (including phenoxy) is 2. The molecule has 0 radical (unpaired) electrons. The van der Waals surface area contributed by atoms with Crippen LogP contribution in [0.15, 0.2) is 30.3 Å². The summed E-state index contributed by atoms with van der Waals surface area (Å²) >= 11 is 0. The molecule has 3 fully saturated rings. The smallest absolute Gasteiger partial charge is 0.417 e. The van der Waals surface area contributed by atoms with Crippen LogP contribution in [0.3, 0.4) is 0 Å². The predicted molar refractivity (Wildman–Crippen MR) is 110 cm³/mol. The van der Waals surface area contributed by atoms with E-state index >= 15 is 0 Å². The zero-order valence-electron chi connectivity index (χ0n) is 17.8. The fraction of sp³-hybridized carbons (Fsp3) is 0.609. The standard InChI is InChI=1S/C23H30N2O5/c1-23(2,3)30-21(27)24-19(17-11-15-10-16(15)12-17)20(26)25-18(13-29-22(25)28)9-14-7-5-4-6-8-14/h4-8,15-19H,9-13H2,1-3H3,(H,24,27). The van der Waals surface area contributed by atoms with Crippen LogP contribution in [0.2, 0.25) is 0 Å². The highest BCUT2D eigenvalue weighted by molar-refractivity contribution is 5.98. The van der Waals surface area contributed by atoms with Crippen LogP contribution in [0.1, 0.15) is 45.6 Å². The van der Waals surface area contributed by atoms with Crippen LogP contribution in [0.25, 0.3) is 0 Å². The van der Waals surface area contributed by atoms with Gasteiger partial charge in [0.1, 0.15) is 18.2 Å². The molecule has 1 aromatic carbocycles. The van der Waals surface area contributed by atoms with Crippen molar-refractivity contribution in [2.45, 2.75) is 64.1 Å². The van der Waals surface area contributed by atoms with Crippen LogP contribution in [0, 0.1) is 17.8 Å². The van der Waals surface area contributed by atoms with E-state index in [2.05, 4.69) is 5.32 Å². The number of nitrogens with zero attached hydrogens (tertiary/aromatic N) is 1. The lowest BCUT2D eigenvalue weighted by atomic mass is 9.92. The molecule has 4 rings (SSSR count). The summed E-state index contributed by atoms with van der Waals surface area (Å²) in [5.41, 5.74) is 0.357. The third-order valence-corrected chi connectivity index (χ3v) is 6.20. The molecule has 30 heavy (non-hydrogen) atoms. The minimum absolute atomic E-state index is 0.0135. The summed E-state index contributed by atoms with van der Waals surface area (Å²) in [5, 5.41) is 2.78. The Labute approximate surface area is 177 Å². The largest absolute Gasteiger partial charge is 0.447 e. The molecule has 7 nitrogen and oxygen atoms in total. The fourth-order valence-electron chi connectivity index (χ4n) is 4.77. The molecule has 2 aliphatic carbocycles. The molecule has 0 bridgehead atoms. The van der Waals surface area contributed by atoms with E-state index in [0.29, 0.717) is 18.3 Å². The number of cyclic esters (lactones) is 1. The van der Waals surface area contributed by atoms with Gasteiger partial charge in [0, 0.05) is 0 Å². The van der Waals surface area contributed by atoms with Crippen molar-refractivity contribution in [1.82, 2.24) is 10.2 Å². The summed E-state index contributed by atoms with van der Waals surface area (Å²) in [6.07, 6.45) is 2.24. The summed E-state index contributed by atoms with van der Waals surface area (Å²) in [5.74, 6) is 0.892. The number of rotatable bonds is 5. The molecule has 7 heteroatoms. The molecule has 1 heterocycles. The first kappa shape index (κ1) is 20.7. The Hall–Kier alpha value is -2.57. The second-order valence-corrected chi connectivity index (χ2v) is 9.74. The van der Waals surface area contributed by atoms with Crippen molar-refractivity contribution in [3.05, 3.63) is 35.9 Å². The molecule has 2 saturated carbocycles. The van der Waals surface area contributed by atoms with Gasteiger partial charge in [0.15, 0.2) is 0 Å². The number of hydrogen-bond donors (Lipinski definition) is 1. The van der Waals surface area contributed by atoms with Crippen LogP contribution in [0.4, 0.5) is 9.59 Å². The number of benzene rings is 1. The summed E-state index contributed by atoms with van der Waals surface area (Å²) in [7, 11) is 0. The highest BCUT2D eigenvalue weighted by Crippen LogP contribution is 2.55. The quantitative estimate of drug-likeness (QED) is 0.797. The van der Waals surface area contributed by atoms with E-state index in [1.807, 2.05) is 30.3 Å². The first-order valence-corrected chi connectivity index (χ1v) is 10.7. The van der Waals surface area contributed by atoms with Gasteiger partial charge in [-0.25, -0.2) is 14.5 Å². The molecular weight excluding hydrogens is 384 g/mol. The van der Waals surface area contributed by atoms with Crippen LogP contribution >= 0.6 is 0 Å². The van der Waals surface area contributed by atoms with E-state index in [4.69, 9.17) is 9.47 Å². The molecule has 4 atom stereocenters. The molecule has 1 N–H and O–H groups in total. The van der Waals surface area contributed by atoms with Crippen molar-refractivity contribution in [3.8, 4) is 0 Å². The summed E-state index contributed by atoms with van der Waals surface area (Å²) in [6.45, 7) is 5.50.